The lowest BCUT2D eigenvalue weighted by Gasteiger charge is -2.01. The van der Waals surface area contributed by atoms with Crippen molar-refractivity contribution in [1.29, 1.82) is 5.26 Å². The normalized spacial score (nSPS) is 10.4. The van der Waals surface area contributed by atoms with E-state index in [9.17, 15) is 9.59 Å². The highest BCUT2D eigenvalue weighted by molar-refractivity contribution is 6.32. The van der Waals surface area contributed by atoms with Crippen molar-refractivity contribution in [3.05, 3.63) is 68.7 Å². The summed E-state index contributed by atoms with van der Waals surface area (Å²) in [7, 11) is 0. The minimum absolute atomic E-state index is 0.0270. The molecule has 0 aliphatic rings. The highest BCUT2D eigenvalue weighted by atomic mass is 35.5. The van der Waals surface area contributed by atoms with Gasteiger partial charge in [-0.3, -0.25) is 9.89 Å². The standard InChI is InChI=1S/C17H11ClN4O3/c1-9-15(10-2-3-11(7-19)13(18)6-10)16(23)22(21-9)14-5-4-12(8-20-14)17(24)25/h2-6,8,21H,1H3,(H,24,25). The van der Waals surface area contributed by atoms with Crippen LogP contribution in [0.5, 0.6) is 0 Å². The lowest BCUT2D eigenvalue weighted by molar-refractivity contribution is 0.0696. The highest BCUT2D eigenvalue weighted by Gasteiger charge is 2.16. The predicted octanol–water partition coefficient (Wildman–Crippen LogP) is 2.76. The number of halogens is 1. The van der Waals surface area contributed by atoms with E-state index in [-0.39, 0.29) is 22.0 Å². The second-order valence-corrected chi connectivity index (χ2v) is 5.68. The van der Waals surface area contributed by atoms with Gasteiger partial charge in [0.05, 0.1) is 21.7 Å². The van der Waals surface area contributed by atoms with E-state index in [1.807, 2.05) is 6.07 Å². The summed E-state index contributed by atoms with van der Waals surface area (Å²) in [4.78, 5) is 27.6. The van der Waals surface area contributed by atoms with Gasteiger partial charge in [0.2, 0.25) is 0 Å². The maximum atomic E-state index is 12.7. The third kappa shape index (κ3) is 2.91. The Morgan fingerprint density at radius 1 is 1.36 bits per heavy atom. The molecule has 124 valence electrons. The lowest BCUT2D eigenvalue weighted by atomic mass is 10.0. The molecule has 25 heavy (non-hydrogen) atoms. The Labute approximate surface area is 146 Å². The second-order valence-electron chi connectivity index (χ2n) is 5.27. The van der Waals surface area contributed by atoms with Crippen molar-refractivity contribution >= 4 is 17.6 Å². The zero-order valence-corrected chi connectivity index (χ0v) is 13.7. The molecule has 7 nitrogen and oxygen atoms in total. The van der Waals surface area contributed by atoms with Gasteiger partial charge in [-0.05, 0) is 36.8 Å². The number of benzene rings is 1. The van der Waals surface area contributed by atoms with Gasteiger partial charge in [-0.1, -0.05) is 17.7 Å². The maximum Gasteiger partial charge on any atom is 0.337 e. The smallest absolute Gasteiger partial charge is 0.337 e. The molecule has 2 aromatic heterocycles. The molecular formula is C17H11ClN4O3. The summed E-state index contributed by atoms with van der Waals surface area (Å²) in [6.07, 6.45) is 1.18. The number of pyridine rings is 1. The fourth-order valence-electron chi connectivity index (χ4n) is 2.45. The van der Waals surface area contributed by atoms with E-state index in [1.54, 1.807) is 25.1 Å². The van der Waals surface area contributed by atoms with Crippen LogP contribution in [0, 0.1) is 18.3 Å². The Kier molecular flexibility index (Phi) is 4.13. The number of carbonyl (C=O) groups is 1. The molecule has 0 aliphatic carbocycles. The molecule has 2 heterocycles. The van der Waals surface area contributed by atoms with Gasteiger partial charge in [0.15, 0.2) is 5.82 Å². The van der Waals surface area contributed by atoms with Crippen molar-refractivity contribution < 1.29 is 9.90 Å². The molecule has 0 fully saturated rings. The topological polar surface area (TPSA) is 112 Å². The minimum atomic E-state index is -1.10. The summed E-state index contributed by atoms with van der Waals surface area (Å²) in [5.74, 6) is -0.828. The molecule has 0 spiro atoms. The van der Waals surface area contributed by atoms with Crippen molar-refractivity contribution in [1.82, 2.24) is 14.8 Å². The molecule has 0 saturated heterocycles. The van der Waals surface area contributed by atoms with Crippen LogP contribution in [0.15, 0.2) is 41.3 Å². The molecule has 0 unspecified atom stereocenters. The number of aromatic nitrogens is 3. The number of nitrogens with one attached hydrogen (secondary N) is 1. The van der Waals surface area contributed by atoms with Crippen molar-refractivity contribution in [2.24, 2.45) is 0 Å². The van der Waals surface area contributed by atoms with Crippen molar-refractivity contribution in [2.45, 2.75) is 6.92 Å². The SMILES string of the molecule is Cc1[nH]n(-c2ccc(C(=O)O)cn2)c(=O)c1-c1ccc(C#N)c(Cl)c1. The van der Waals surface area contributed by atoms with Gasteiger partial charge < -0.3 is 5.11 Å². The number of H-pyrrole nitrogens is 1. The maximum absolute atomic E-state index is 12.7. The molecule has 0 atom stereocenters. The number of aromatic amines is 1. The Morgan fingerprint density at radius 2 is 2.12 bits per heavy atom. The number of aryl methyl sites for hydroxylation is 1. The summed E-state index contributed by atoms with van der Waals surface area (Å²) < 4.78 is 1.22. The van der Waals surface area contributed by atoms with Crippen LogP contribution in [-0.2, 0) is 0 Å². The van der Waals surface area contributed by atoms with Gasteiger partial charge in [0, 0.05) is 11.9 Å². The van der Waals surface area contributed by atoms with Crippen LogP contribution in [0.4, 0.5) is 0 Å². The molecule has 1 aromatic carbocycles. The molecule has 3 rings (SSSR count). The number of rotatable bonds is 3. The van der Waals surface area contributed by atoms with E-state index >= 15 is 0 Å². The van der Waals surface area contributed by atoms with Gasteiger partial charge in [-0.25, -0.2) is 14.5 Å². The Balaban J connectivity index is 2.10. The van der Waals surface area contributed by atoms with E-state index in [2.05, 4.69) is 10.1 Å². The molecule has 3 aromatic rings. The Bertz CT molecular complexity index is 1070. The third-order valence-corrected chi connectivity index (χ3v) is 3.99. The molecule has 0 amide bonds. The summed E-state index contributed by atoms with van der Waals surface area (Å²) in [5, 5.41) is 21.0. The first kappa shape index (κ1) is 16.5. The molecule has 0 radical (unpaired) electrons. The minimum Gasteiger partial charge on any atom is -0.478 e. The first-order chi connectivity index (χ1) is 11.9. The van der Waals surface area contributed by atoms with Gasteiger partial charge in [0.25, 0.3) is 5.56 Å². The quantitative estimate of drug-likeness (QED) is 0.751. The van der Waals surface area contributed by atoms with Crippen LogP contribution in [-0.4, -0.2) is 25.8 Å². The van der Waals surface area contributed by atoms with Crippen molar-refractivity contribution in [3.8, 4) is 23.0 Å². The number of hydrogen-bond donors (Lipinski definition) is 2. The van der Waals surface area contributed by atoms with Crippen molar-refractivity contribution in [3.63, 3.8) is 0 Å². The summed E-state index contributed by atoms with van der Waals surface area (Å²) in [5.41, 5.74) is 1.56. The molecule has 0 bridgehead atoms. The summed E-state index contributed by atoms with van der Waals surface area (Å²) >= 11 is 6.05. The lowest BCUT2D eigenvalue weighted by Crippen LogP contribution is -2.17. The molecule has 0 saturated carbocycles. The number of nitriles is 1. The highest BCUT2D eigenvalue weighted by Crippen LogP contribution is 2.25. The van der Waals surface area contributed by atoms with Gasteiger partial charge >= 0.3 is 5.97 Å². The van der Waals surface area contributed by atoms with Gasteiger partial charge in [0.1, 0.15) is 6.07 Å². The summed E-state index contributed by atoms with van der Waals surface area (Å²) in [6.45, 7) is 1.73. The second kappa shape index (κ2) is 6.26. The van der Waals surface area contributed by atoms with Crippen LogP contribution in [0.1, 0.15) is 21.6 Å². The van der Waals surface area contributed by atoms with E-state index in [1.165, 1.54) is 23.0 Å². The zero-order valence-electron chi connectivity index (χ0n) is 12.9. The first-order valence-corrected chi connectivity index (χ1v) is 7.51. The van der Waals surface area contributed by atoms with E-state index in [0.717, 1.165) is 0 Å². The average Bonchev–Trinajstić information content (AvgIpc) is 2.89. The van der Waals surface area contributed by atoms with Crippen LogP contribution < -0.4 is 5.56 Å². The average molecular weight is 355 g/mol. The Morgan fingerprint density at radius 3 is 2.68 bits per heavy atom. The van der Waals surface area contributed by atoms with E-state index in [4.69, 9.17) is 22.0 Å². The first-order valence-electron chi connectivity index (χ1n) is 7.13. The van der Waals surface area contributed by atoms with Crippen LogP contribution in [0.3, 0.4) is 0 Å². The number of aromatic carboxylic acids is 1. The molecule has 0 aliphatic heterocycles. The number of hydrogen-bond acceptors (Lipinski definition) is 4. The fourth-order valence-corrected chi connectivity index (χ4v) is 2.68. The predicted molar refractivity (Wildman–Crippen MR) is 91.0 cm³/mol. The van der Waals surface area contributed by atoms with Crippen LogP contribution in [0.2, 0.25) is 5.02 Å². The van der Waals surface area contributed by atoms with Crippen molar-refractivity contribution in [2.75, 3.05) is 0 Å². The number of nitrogens with zero attached hydrogens (tertiary/aromatic N) is 3. The fraction of sp³-hybridized carbons (Fsp3) is 0.0588. The monoisotopic (exact) mass is 354 g/mol. The van der Waals surface area contributed by atoms with Crippen LogP contribution in [0.25, 0.3) is 16.9 Å². The van der Waals surface area contributed by atoms with E-state index < -0.39 is 5.97 Å². The number of carboxylic acids is 1. The van der Waals surface area contributed by atoms with Gasteiger partial charge in [-0.2, -0.15) is 5.26 Å². The largest absolute Gasteiger partial charge is 0.478 e. The number of carboxylic acid groups (broad SMARTS) is 1. The summed E-state index contributed by atoms with van der Waals surface area (Å²) in [6, 6.07) is 9.53. The van der Waals surface area contributed by atoms with Crippen LogP contribution >= 0.6 is 11.6 Å². The van der Waals surface area contributed by atoms with Gasteiger partial charge in [-0.15, -0.1) is 0 Å². The Hall–Kier alpha value is -3.37. The molecule has 2 N–H and O–H groups in total. The zero-order chi connectivity index (χ0) is 18.1. The molecular weight excluding hydrogens is 344 g/mol. The third-order valence-electron chi connectivity index (χ3n) is 3.67. The molecule has 8 heteroatoms. The van der Waals surface area contributed by atoms with E-state index in [0.29, 0.717) is 22.4 Å².